The zero-order valence-corrected chi connectivity index (χ0v) is 11.6. The number of carbonyl (C=O) groups is 2. The van der Waals surface area contributed by atoms with E-state index < -0.39 is 23.1 Å². The van der Waals surface area contributed by atoms with Crippen molar-refractivity contribution in [3.05, 3.63) is 12.7 Å². The van der Waals surface area contributed by atoms with Crippen molar-refractivity contribution >= 4 is 11.9 Å². The molecule has 0 aromatic carbocycles. The van der Waals surface area contributed by atoms with E-state index in [4.69, 9.17) is 9.47 Å². The van der Waals surface area contributed by atoms with Gasteiger partial charge in [-0.25, -0.2) is 0 Å². The van der Waals surface area contributed by atoms with Crippen molar-refractivity contribution in [1.29, 1.82) is 0 Å². The van der Waals surface area contributed by atoms with Crippen molar-refractivity contribution in [2.75, 3.05) is 0 Å². The smallest absolute Gasteiger partial charge is 0.305 e. The topological polar surface area (TPSA) is 52.6 Å². The van der Waals surface area contributed by atoms with Gasteiger partial charge in [-0.15, -0.1) is 6.58 Å². The second-order valence-corrected chi connectivity index (χ2v) is 5.27. The summed E-state index contributed by atoms with van der Waals surface area (Å²) >= 11 is 0. The van der Waals surface area contributed by atoms with E-state index >= 15 is 0 Å². The van der Waals surface area contributed by atoms with Crippen LogP contribution in [0.15, 0.2) is 12.7 Å². The number of ether oxygens (including phenoxy) is 2. The Morgan fingerprint density at radius 1 is 1.28 bits per heavy atom. The van der Waals surface area contributed by atoms with Gasteiger partial charge in [-0.05, 0) is 19.8 Å². The lowest BCUT2D eigenvalue weighted by Crippen LogP contribution is -2.58. The van der Waals surface area contributed by atoms with Crippen LogP contribution in [0.1, 0.15) is 47.0 Å². The van der Waals surface area contributed by atoms with Crippen LogP contribution < -0.4 is 0 Å². The summed E-state index contributed by atoms with van der Waals surface area (Å²) in [6, 6.07) is 0. The summed E-state index contributed by atoms with van der Waals surface area (Å²) in [5.74, 6) is -2.18. The molecule has 102 valence electrons. The zero-order valence-electron chi connectivity index (χ0n) is 11.6. The quantitative estimate of drug-likeness (QED) is 0.441. The summed E-state index contributed by atoms with van der Waals surface area (Å²) in [7, 11) is 0. The predicted octanol–water partition coefficient (Wildman–Crippen LogP) is 2.82. The fourth-order valence-electron chi connectivity index (χ4n) is 2.83. The molecule has 0 unspecified atom stereocenters. The molecule has 0 saturated heterocycles. The van der Waals surface area contributed by atoms with Gasteiger partial charge in [0.2, 0.25) is 0 Å². The van der Waals surface area contributed by atoms with Gasteiger partial charge in [0.15, 0.2) is 0 Å². The molecule has 1 aliphatic rings. The number of hydrogen-bond acceptors (Lipinski definition) is 4. The van der Waals surface area contributed by atoms with Gasteiger partial charge in [-0.1, -0.05) is 19.4 Å². The van der Waals surface area contributed by atoms with Crippen LogP contribution in [0.25, 0.3) is 0 Å². The Morgan fingerprint density at radius 2 is 1.78 bits per heavy atom. The lowest BCUT2D eigenvalue weighted by Gasteiger charge is -2.51. The Labute approximate surface area is 108 Å². The fraction of sp³-hybridized carbons (Fsp3) is 0.714. The number of carbonyl (C=O) groups excluding carboxylic acids is 2. The third kappa shape index (κ3) is 2.42. The highest BCUT2D eigenvalue weighted by molar-refractivity contribution is 5.69. The summed E-state index contributed by atoms with van der Waals surface area (Å²) in [5.41, 5.74) is -0.554. The highest BCUT2D eigenvalue weighted by Crippen LogP contribution is 2.51. The minimum atomic E-state index is -1.23. The summed E-state index contributed by atoms with van der Waals surface area (Å²) in [5, 5.41) is 0. The van der Waals surface area contributed by atoms with Crippen LogP contribution in [0.5, 0.6) is 0 Å². The highest BCUT2D eigenvalue weighted by atomic mass is 16.7. The molecule has 0 spiro atoms. The lowest BCUT2D eigenvalue weighted by atomic mass is 9.66. The Hall–Kier alpha value is -1.32. The zero-order chi connectivity index (χ0) is 14.0. The molecule has 18 heavy (non-hydrogen) atoms. The molecule has 2 atom stereocenters. The van der Waals surface area contributed by atoms with Gasteiger partial charge < -0.3 is 9.47 Å². The van der Waals surface area contributed by atoms with Crippen molar-refractivity contribution in [2.45, 2.75) is 52.7 Å². The van der Waals surface area contributed by atoms with E-state index in [1.54, 1.807) is 6.08 Å². The monoisotopic (exact) mass is 254 g/mol. The van der Waals surface area contributed by atoms with Crippen molar-refractivity contribution in [2.24, 2.45) is 11.3 Å². The normalized spacial score (nSPS) is 30.3. The molecular weight excluding hydrogens is 232 g/mol. The number of esters is 2. The minimum Gasteiger partial charge on any atom is -0.421 e. The largest absolute Gasteiger partial charge is 0.421 e. The molecule has 0 aliphatic heterocycles. The lowest BCUT2D eigenvalue weighted by molar-refractivity contribution is -0.290. The van der Waals surface area contributed by atoms with Gasteiger partial charge in [0.1, 0.15) is 0 Å². The first-order valence-corrected chi connectivity index (χ1v) is 6.30. The molecule has 4 heteroatoms. The van der Waals surface area contributed by atoms with Crippen molar-refractivity contribution in [1.82, 2.24) is 0 Å². The molecular formula is C14H22O4. The molecule has 1 rings (SSSR count). The van der Waals surface area contributed by atoms with E-state index in [1.807, 2.05) is 13.8 Å². The van der Waals surface area contributed by atoms with Crippen molar-refractivity contribution in [3.8, 4) is 0 Å². The average molecular weight is 254 g/mol. The Morgan fingerprint density at radius 3 is 2.17 bits per heavy atom. The predicted molar refractivity (Wildman–Crippen MR) is 67.6 cm³/mol. The van der Waals surface area contributed by atoms with Crippen LogP contribution in [0, 0.1) is 11.3 Å². The van der Waals surface area contributed by atoms with Crippen LogP contribution in [-0.2, 0) is 19.1 Å². The van der Waals surface area contributed by atoms with E-state index in [2.05, 4.69) is 6.58 Å². The summed E-state index contributed by atoms with van der Waals surface area (Å²) in [6.07, 6.45) is 4.36. The van der Waals surface area contributed by atoms with Gasteiger partial charge in [-0.3, -0.25) is 9.59 Å². The first-order chi connectivity index (χ1) is 8.27. The molecule has 0 aromatic heterocycles. The molecule has 4 nitrogen and oxygen atoms in total. The fourth-order valence-corrected chi connectivity index (χ4v) is 2.83. The summed E-state index contributed by atoms with van der Waals surface area (Å²) in [4.78, 5) is 22.8. The van der Waals surface area contributed by atoms with Gasteiger partial charge in [-0.2, -0.15) is 0 Å². The maximum Gasteiger partial charge on any atom is 0.305 e. The second-order valence-electron chi connectivity index (χ2n) is 5.27. The molecule has 1 aliphatic carbocycles. The third-order valence-corrected chi connectivity index (χ3v) is 3.82. The van der Waals surface area contributed by atoms with E-state index in [0.29, 0.717) is 0 Å². The molecule has 0 amide bonds. The first-order valence-electron chi connectivity index (χ1n) is 6.30. The molecule has 0 heterocycles. The first kappa shape index (κ1) is 14.7. The summed E-state index contributed by atoms with van der Waals surface area (Å²) in [6.45, 7) is 10.3. The van der Waals surface area contributed by atoms with Crippen LogP contribution in [0.4, 0.5) is 0 Å². The maximum atomic E-state index is 11.4. The van der Waals surface area contributed by atoms with Crippen molar-refractivity contribution < 1.29 is 19.1 Å². The van der Waals surface area contributed by atoms with Crippen LogP contribution in [-0.4, -0.2) is 17.7 Å². The van der Waals surface area contributed by atoms with Gasteiger partial charge in [0, 0.05) is 19.8 Å². The Kier molecular flexibility index (Phi) is 4.20. The van der Waals surface area contributed by atoms with E-state index in [-0.39, 0.29) is 5.92 Å². The Bertz CT molecular complexity index is 345. The van der Waals surface area contributed by atoms with Gasteiger partial charge >= 0.3 is 11.9 Å². The summed E-state index contributed by atoms with van der Waals surface area (Å²) < 4.78 is 10.9. The molecule has 0 bridgehead atoms. The van der Waals surface area contributed by atoms with E-state index in [0.717, 1.165) is 19.3 Å². The van der Waals surface area contributed by atoms with E-state index in [1.165, 1.54) is 13.8 Å². The average Bonchev–Trinajstić information content (AvgIpc) is 2.24. The molecule has 0 aromatic rings. The van der Waals surface area contributed by atoms with Crippen LogP contribution >= 0.6 is 0 Å². The van der Waals surface area contributed by atoms with Gasteiger partial charge in [0.25, 0.3) is 5.79 Å². The molecule has 1 saturated carbocycles. The van der Waals surface area contributed by atoms with Crippen molar-refractivity contribution in [3.63, 3.8) is 0 Å². The Balaban J connectivity index is 3.26. The molecule has 1 fully saturated rings. The SMILES string of the molecule is C=C[C@]1(C)CCC[C@@H](C)C1(OC(C)=O)OC(C)=O. The third-order valence-electron chi connectivity index (χ3n) is 3.82. The molecule has 0 radical (unpaired) electrons. The van der Waals surface area contributed by atoms with Gasteiger partial charge in [0.05, 0.1) is 5.41 Å². The van der Waals surface area contributed by atoms with Crippen LogP contribution in [0.3, 0.4) is 0 Å². The number of rotatable bonds is 3. The standard InChI is InChI=1S/C14H22O4/c1-6-13(5)9-7-8-10(2)14(13,17-11(3)15)18-12(4)16/h6,10H,1,7-9H2,2-5H3/t10-,13-/m1/s1. The number of hydrogen-bond donors (Lipinski definition) is 0. The molecule has 0 N–H and O–H groups in total. The second kappa shape index (κ2) is 5.12. The maximum absolute atomic E-state index is 11.4. The minimum absolute atomic E-state index is 0.0537. The highest BCUT2D eigenvalue weighted by Gasteiger charge is 2.58. The van der Waals surface area contributed by atoms with E-state index in [9.17, 15) is 9.59 Å². The van der Waals surface area contributed by atoms with Crippen LogP contribution in [0.2, 0.25) is 0 Å².